The van der Waals surface area contributed by atoms with Crippen molar-refractivity contribution < 1.29 is 14.8 Å². The van der Waals surface area contributed by atoms with Crippen molar-refractivity contribution in [3.05, 3.63) is 5.21 Å². The van der Waals surface area contributed by atoms with E-state index in [9.17, 15) is 5.21 Å². The lowest BCUT2D eigenvalue weighted by Gasteiger charge is -2.38. The quantitative estimate of drug-likeness (QED) is 0.335. The van der Waals surface area contributed by atoms with Gasteiger partial charge in [-0.15, -0.1) is 5.01 Å². The fourth-order valence-corrected chi connectivity index (χ4v) is 1.24. The van der Waals surface area contributed by atoms with Crippen LogP contribution >= 0.6 is 0 Å². The van der Waals surface area contributed by atoms with Gasteiger partial charge in [0.25, 0.3) is 0 Å². The van der Waals surface area contributed by atoms with Gasteiger partial charge in [0, 0.05) is 13.7 Å². The first-order valence-electron chi connectivity index (χ1n) is 5.25. The molecule has 0 saturated heterocycles. The Labute approximate surface area is 91.5 Å². The topological polar surface area (TPSA) is 67.8 Å². The lowest BCUT2D eigenvalue weighted by molar-refractivity contribution is -1.20. The number of hydroxylamine groups is 1. The molecular weight excluding hydrogens is 198 g/mol. The van der Waals surface area contributed by atoms with E-state index >= 15 is 0 Å². The molecule has 0 aromatic rings. The Balaban J connectivity index is 3.67. The van der Waals surface area contributed by atoms with Gasteiger partial charge in [-0.2, -0.15) is 10.4 Å². The fraction of sp³-hybridized carbons (Fsp3) is 1.00. The monoisotopic (exact) mass is 221 g/mol. The van der Waals surface area contributed by atoms with Crippen LogP contribution in [-0.2, 0) is 4.84 Å². The van der Waals surface area contributed by atoms with Crippen LogP contribution in [0, 0.1) is 5.21 Å². The minimum Gasteiger partial charge on any atom is -0.738 e. The van der Waals surface area contributed by atoms with Crippen LogP contribution in [0.1, 0.15) is 25.7 Å². The van der Waals surface area contributed by atoms with Gasteiger partial charge in [0.2, 0.25) is 0 Å². The predicted octanol–water partition coefficient (Wildman–Crippen LogP) is 0.396. The van der Waals surface area contributed by atoms with Gasteiger partial charge in [-0.05, 0) is 17.7 Å². The van der Waals surface area contributed by atoms with Crippen molar-refractivity contribution in [2.45, 2.75) is 25.7 Å². The van der Waals surface area contributed by atoms with E-state index in [1.165, 1.54) is 7.11 Å². The van der Waals surface area contributed by atoms with E-state index in [1.807, 2.05) is 12.6 Å². The molecule has 0 amide bonds. The van der Waals surface area contributed by atoms with E-state index in [1.54, 1.807) is 12.1 Å². The predicted molar refractivity (Wildman–Crippen MR) is 57.9 cm³/mol. The number of nitrogens with zero attached hydrogens (tertiary/aromatic N) is 2. The minimum absolute atomic E-state index is 0.254. The zero-order chi connectivity index (χ0) is 11.7. The molecule has 15 heavy (non-hydrogen) atoms. The number of quaternary nitrogens is 1. The second kappa shape index (κ2) is 7.98. The van der Waals surface area contributed by atoms with E-state index < -0.39 is 0 Å². The Bertz CT molecular complexity index is 154. The summed E-state index contributed by atoms with van der Waals surface area (Å²) in [7, 11) is 4.94. The molecule has 1 unspecified atom stereocenters. The molecule has 0 aliphatic rings. The molecule has 0 aliphatic carbocycles. The van der Waals surface area contributed by atoms with Crippen LogP contribution in [-0.4, -0.2) is 49.3 Å². The number of hydrogen-bond acceptors (Lipinski definition) is 5. The molecule has 0 heterocycles. The maximum Gasteiger partial charge on any atom is 0.138 e. The molecule has 1 atom stereocenters. The molecule has 0 radical (unpaired) electrons. The molecule has 0 spiro atoms. The zero-order valence-electron chi connectivity index (χ0n) is 9.90. The Morgan fingerprint density at radius 2 is 1.93 bits per heavy atom. The Morgan fingerprint density at radius 3 is 2.40 bits per heavy atom. The van der Waals surface area contributed by atoms with Gasteiger partial charge in [-0.25, -0.2) is 0 Å². The standard InChI is InChI=1S/C9H23N3O3/c1-11(12(2,10-14)15-3)8-6-4-5-7-9-13/h10,13H,4-9H2,1-3H3. The van der Waals surface area contributed by atoms with E-state index in [0.29, 0.717) is 0 Å². The molecule has 0 aliphatic heterocycles. The summed E-state index contributed by atoms with van der Waals surface area (Å²) >= 11 is 0. The summed E-state index contributed by atoms with van der Waals surface area (Å²) in [6.45, 7) is 1.02. The molecule has 2 N–H and O–H groups in total. The van der Waals surface area contributed by atoms with Crippen LogP contribution in [0.5, 0.6) is 0 Å². The van der Waals surface area contributed by atoms with E-state index in [0.717, 1.165) is 32.2 Å². The zero-order valence-corrected chi connectivity index (χ0v) is 9.90. The van der Waals surface area contributed by atoms with Crippen molar-refractivity contribution >= 4 is 0 Å². The highest BCUT2D eigenvalue weighted by atomic mass is 16.8. The third-order valence-corrected chi connectivity index (χ3v) is 2.57. The molecule has 0 bridgehead atoms. The van der Waals surface area contributed by atoms with Crippen LogP contribution in [0.4, 0.5) is 0 Å². The minimum atomic E-state index is -0.278. The third kappa shape index (κ3) is 5.41. The third-order valence-electron chi connectivity index (χ3n) is 2.57. The first-order chi connectivity index (χ1) is 7.10. The molecule has 0 saturated carbocycles. The van der Waals surface area contributed by atoms with Gasteiger partial charge >= 0.3 is 0 Å². The number of aliphatic hydroxyl groups excluding tert-OH is 1. The molecule has 0 aromatic heterocycles. The molecule has 0 fully saturated rings. The summed E-state index contributed by atoms with van der Waals surface area (Å²) < 4.78 is 0. The summed E-state index contributed by atoms with van der Waals surface area (Å²) in [5.74, 6) is 0. The highest BCUT2D eigenvalue weighted by Gasteiger charge is 2.24. The highest BCUT2D eigenvalue weighted by Crippen LogP contribution is 2.06. The molecule has 92 valence electrons. The van der Waals surface area contributed by atoms with Crippen LogP contribution in [0.2, 0.25) is 0 Å². The molecule has 6 heteroatoms. The van der Waals surface area contributed by atoms with Gasteiger partial charge in [0.15, 0.2) is 0 Å². The van der Waals surface area contributed by atoms with Crippen molar-refractivity contribution in [1.29, 1.82) is 0 Å². The molecule has 0 rings (SSSR count). The SMILES string of the molecule is CO[N+](C)(N[O-])N(C)CCCCCCO. The lowest BCUT2D eigenvalue weighted by Crippen LogP contribution is -2.61. The van der Waals surface area contributed by atoms with Gasteiger partial charge in [0.1, 0.15) is 14.2 Å². The summed E-state index contributed by atoms with van der Waals surface area (Å²) in [4.78, 5) is 4.75. The number of hydrogen-bond donors (Lipinski definition) is 2. The van der Waals surface area contributed by atoms with E-state index in [4.69, 9.17) is 9.94 Å². The second-order valence-corrected chi connectivity index (χ2v) is 3.67. The smallest absolute Gasteiger partial charge is 0.138 e. The van der Waals surface area contributed by atoms with Crippen LogP contribution in [0.15, 0.2) is 0 Å². The van der Waals surface area contributed by atoms with Crippen molar-refractivity contribution in [1.82, 2.24) is 10.6 Å². The molecular formula is C9H23N3O3. The maximum atomic E-state index is 10.7. The average Bonchev–Trinajstić information content (AvgIpc) is 2.27. The van der Waals surface area contributed by atoms with Crippen molar-refractivity contribution in [3.63, 3.8) is 0 Å². The summed E-state index contributed by atoms with van der Waals surface area (Å²) in [5.41, 5.74) is 1.83. The second-order valence-electron chi connectivity index (χ2n) is 3.67. The lowest BCUT2D eigenvalue weighted by atomic mass is 10.2. The Morgan fingerprint density at radius 1 is 1.33 bits per heavy atom. The Hall–Kier alpha value is -0.240. The number of nitrogens with one attached hydrogen (secondary N) is 1. The summed E-state index contributed by atoms with van der Waals surface area (Å²) in [6.07, 6.45) is 3.90. The summed E-state index contributed by atoms with van der Waals surface area (Å²) in [6, 6.07) is 0. The first kappa shape index (κ1) is 14.8. The largest absolute Gasteiger partial charge is 0.738 e. The van der Waals surface area contributed by atoms with Gasteiger partial charge in [0.05, 0.1) is 6.54 Å². The van der Waals surface area contributed by atoms with Crippen molar-refractivity contribution in [2.24, 2.45) is 0 Å². The first-order valence-corrected chi connectivity index (χ1v) is 5.25. The van der Waals surface area contributed by atoms with Crippen LogP contribution < -0.4 is 5.59 Å². The van der Waals surface area contributed by atoms with Crippen molar-refractivity contribution in [2.75, 3.05) is 34.4 Å². The van der Waals surface area contributed by atoms with E-state index in [2.05, 4.69) is 0 Å². The highest BCUT2D eigenvalue weighted by molar-refractivity contribution is 4.44. The molecule has 0 aromatic carbocycles. The van der Waals surface area contributed by atoms with Crippen LogP contribution in [0.25, 0.3) is 0 Å². The number of aliphatic hydroxyl groups is 1. The average molecular weight is 221 g/mol. The van der Waals surface area contributed by atoms with Gasteiger partial charge in [-0.1, -0.05) is 12.8 Å². The fourth-order valence-electron chi connectivity index (χ4n) is 1.24. The number of rotatable bonds is 9. The number of unbranched alkanes of at least 4 members (excludes halogenated alkanes) is 3. The van der Waals surface area contributed by atoms with Gasteiger partial charge < -0.3 is 10.3 Å². The maximum absolute atomic E-state index is 10.7. The summed E-state index contributed by atoms with van der Waals surface area (Å²) in [5, 5.41) is 21.1. The van der Waals surface area contributed by atoms with Crippen molar-refractivity contribution in [3.8, 4) is 0 Å². The van der Waals surface area contributed by atoms with E-state index in [-0.39, 0.29) is 11.5 Å². The molecule has 6 nitrogen and oxygen atoms in total. The Kier molecular flexibility index (Phi) is 7.85. The normalized spacial score (nSPS) is 15.6. The van der Waals surface area contributed by atoms with Crippen LogP contribution in [0.3, 0.4) is 0 Å². The van der Waals surface area contributed by atoms with Gasteiger partial charge in [-0.3, -0.25) is 0 Å².